The van der Waals surface area contributed by atoms with Crippen LogP contribution in [-0.2, 0) is 14.3 Å². The molecule has 1 fully saturated rings. The van der Waals surface area contributed by atoms with Crippen LogP contribution < -0.4 is 15.5 Å². The van der Waals surface area contributed by atoms with Crippen molar-refractivity contribution in [1.82, 2.24) is 0 Å². The third-order valence-corrected chi connectivity index (χ3v) is 4.27. The molecule has 2 aromatic carbocycles. The van der Waals surface area contributed by atoms with Crippen LogP contribution in [0.4, 0.5) is 17.1 Å². The van der Waals surface area contributed by atoms with Crippen molar-refractivity contribution in [3.63, 3.8) is 0 Å². The van der Waals surface area contributed by atoms with Gasteiger partial charge < -0.3 is 25.0 Å². The van der Waals surface area contributed by atoms with Crippen LogP contribution in [-0.4, -0.2) is 51.8 Å². The molecule has 7 heteroatoms. The van der Waals surface area contributed by atoms with Gasteiger partial charge in [-0.3, -0.25) is 4.79 Å². The molecule has 0 spiro atoms. The Morgan fingerprint density at radius 3 is 2.67 bits per heavy atom. The first-order valence-corrected chi connectivity index (χ1v) is 8.81. The SMILES string of the molecule is COC(=O)c1cccc(NCC(=O)Nc2ccccc2N2CCOCC2)c1. The van der Waals surface area contributed by atoms with E-state index in [1.165, 1.54) is 7.11 Å². The monoisotopic (exact) mass is 369 g/mol. The second kappa shape index (κ2) is 9.05. The lowest BCUT2D eigenvalue weighted by molar-refractivity contribution is -0.114. The fraction of sp³-hybridized carbons (Fsp3) is 0.300. The summed E-state index contributed by atoms with van der Waals surface area (Å²) >= 11 is 0. The summed E-state index contributed by atoms with van der Waals surface area (Å²) in [6, 6.07) is 14.6. The van der Waals surface area contributed by atoms with E-state index in [1.807, 2.05) is 24.3 Å². The number of rotatable bonds is 6. The Morgan fingerprint density at radius 2 is 1.89 bits per heavy atom. The Labute approximate surface area is 158 Å². The molecular formula is C20H23N3O4. The minimum Gasteiger partial charge on any atom is -0.465 e. The molecule has 0 saturated carbocycles. The van der Waals surface area contributed by atoms with Gasteiger partial charge in [0.15, 0.2) is 0 Å². The highest BCUT2D eigenvalue weighted by Gasteiger charge is 2.15. The maximum atomic E-state index is 12.4. The molecule has 2 aromatic rings. The van der Waals surface area contributed by atoms with Gasteiger partial charge in [0, 0.05) is 18.8 Å². The van der Waals surface area contributed by atoms with Crippen molar-refractivity contribution < 1.29 is 19.1 Å². The number of ether oxygens (including phenoxy) is 2. The number of benzene rings is 2. The van der Waals surface area contributed by atoms with E-state index in [-0.39, 0.29) is 12.5 Å². The topological polar surface area (TPSA) is 79.9 Å². The van der Waals surface area contributed by atoms with Gasteiger partial charge in [-0.1, -0.05) is 18.2 Å². The lowest BCUT2D eigenvalue weighted by atomic mass is 10.2. The zero-order chi connectivity index (χ0) is 19.1. The van der Waals surface area contributed by atoms with Gasteiger partial charge >= 0.3 is 5.97 Å². The second-order valence-electron chi connectivity index (χ2n) is 6.09. The number of anilines is 3. The van der Waals surface area contributed by atoms with Gasteiger partial charge in [0.1, 0.15) is 0 Å². The summed E-state index contributed by atoms with van der Waals surface area (Å²) in [6.07, 6.45) is 0. The Kier molecular flexibility index (Phi) is 6.27. The van der Waals surface area contributed by atoms with E-state index in [0.29, 0.717) is 24.5 Å². The molecular weight excluding hydrogens is 346 g/mol. The predicted octanol–water partition coefficient (Wildman–Crippen LogP) is 2.36. The molecule has 2 N–H and O–H groups in total. The predicted molar refractivity (Wildman–Crippen MR) is 104 cm³/mol. The van der Waals surface area contributed by atoms with Gasteiger partial charge in [-0.25, -0.2) is 4.79 Å². The lowest BCUT2D eigenvalue weighted by Crippen LogP contribution is -2.37. The molecule has 1 aliphatic heterocycles. The zero-order valence-electron chi connectivity index (χ0n) is 15.2. The highest BCUT2D eigenvalue weighted by molar-refractivity contribution is 5.97. The van der Waals surface area contributed by atoms with E-state index in [2.05, 4.69) is 15.5 Å². The van der Waals surface area contributed by atoms with Crippen molar-refractivity contribution in [2.75, 3.05) is 55.5 Å². The molecule has 0 aliphatic carbocycles. The molecule has 7 nitrogen and oxygen atoms in total. The molecule has 1 amide bonds. The summed E-state index contributed by atoms with van der Waals surface area (Å²) in [5.41, 5.74) is 2.87. The second-order valence-corrected chi connectivity index (χ2v) is 6.09. The smallest absolute Gasteiger partial charge is 0.337 e. The highest BCUT2D eigenvalue weighted by Crippen LogP contribution is 2.26. The summed E-state index contributed by atoms with van der Waals surface area (Å²) in [4.78, 5) is 26.2. The Bertz CT molecular complexity index is 803. The van der Waals surface area contributed by atoms with Crippen LogP contribution in [0.2, 0.25) is 0 Å². The third-order valence-electron chi connectivity index (χ3n) is 4.27. The molecule has 142 valence electrons. The molecule has 0 radical (unpaired) electrons. The standard InChI is InChI=1S/C20H23N3O4/c1-26-20(25)15-5-4-6-16(13-15)21-14-19(24)22-17-7-2-3-8-18(17)23-9-11-27-12-10-23/h2-8,13,21H,9-12,14H2,1H3,(H,22,24). The first kappa shape index (κ1) is 18.7. The fourth-order valence-electron chi connectivity index (χ4n) is 2.91. The number of amides is 1. The number of carbonyl (C=O) groups excluding carboxylic acids is 2. The number of methoxy groups -OCH3 is 1. The summed E-state index contributed by atoms with van der Waals surface area (Å²) in [5, 5.41) is 5.98. The molecule has 0 bridgehead atoms. The van der Waals surface area contributed by atoms with Gasteiger partial charge in [0.05, 0.1) is 43.8 Å². The minimum atomic E-state index is -0.414. The van der Waals surface area contributed by atoms with Crippen LogP contribution in [0.25, 0.3) is 0 Å². The van der Waals surface area contributed by atoms with Crippen molar-refractivity contribution in [3.05, 3.63) is 54.1 Å². The van der Waals surface area contributed by atoms with Crippen molar-refractivity contribution >= 4 is 28.9 Å². The quantitative estimate of drug-likeness (QED) is 0.761. The molecule has 0 unspecified atom stereocenters. The van der Waals surface area contributed by atoms with Crippen LogP contribution in [0, 0.1) is 0 Å². The van der Waals surface area contributed by atoms with Crippen molar-refractivity contribution in [1.29, 1.82) is 0 Å². The summed E-state index contributed by atoms with van der Waals surface area (Å²) in [6.45, 7) is 3.04. The Hall–Kier alpha value is -3.06. The van der Waals surface area contributed by atoms with Crippen LogP contribution >= 0.6 is 0 Å². The first-order chi connectivity index (χ1) is 13.2. The average molecular weight is 369 g/mol. The number of nitrogens with one attached hydrogen (secondary N) is 2. The van der Waals surface area contributed by atoms with E-state index in [4.69, 9.17) is 9.47 Å². The van der Waals surface area contributed by atoms with Crippen molar-refractivity contribution in [2.24, 2.45) is 0 Å². The maximum absolute atomic E-state index is 12.4. The molecule has 0 atom stereocenters. The van der Waals surface area contributed by atoms with Crippen LogP contribution in [0.5, 0.6) is 0 Å². The number of carbonyl (C=O) groups is 2. The van der Waals surface area contributed by atoms with Gasteiger partial charge in [-0.15, -0.1) is 0 Å². The van der Waals surface area contributed by atoms with E-state index >= 15 is 0 Å². The highest BCUT2D eigenvalue weighted by atomic mass is 16.5. The number of hydrogen-bond acceptors (Lipinski definition) is 6. The van der Waals surface area contributed by atoms with Crippen molar-refractivity contribution in [3.8, 4) is 0 Å². The summed E-state index contributed by atoms with van der Waals surface area (Å²) in [7, 11) is 1.34. The summed E-state index contributed by atoms with van der Waals surface area (Å²) < 4.78 is 10.1. The van der Waals surface area contributed by atoms with Gasteiger partial charge in [-0.2, -0.15) is 0 Å². The zero-order valence-corrected chi connectivity index (χ0v) is 15.2. The van der Waals surface area contributed by atoms with Gasteiger partial charge in [0.2, 0.25) is 5.91 Å². The average Bonchev–Trinajstić information content (AvgIpc) is 2.73. The Morgan fingerprint density at radius 1 is 1.11 bits per heavy atom. The number of esters is 1. The van der Waals surface area contributed by atoms with Gasteiger partial charge in [0.25, 0.3) is 0 Å². The Balaban J connectivity index is 1.61. The first-order valence-electron chi connectivity index (χ1n) is 8.81. The van der Waals surface area contributed by atoms with Gasteiger partial charge in [-0.05, 0) is 30.3 Å². The summed E-state index contributed by atoms with van der Waals surface area (Å²) in [5.74, 6) is -0.582. The van der Waals surface area contributed by atoms with Crippen LogP contribution in [0.1, 0.15) is 10.4 Å². The van der Waals surface area contributed by atoms with Crippen LogP contribution in [0.3, 0.4) is 0 Å². The normalized spacial score (nSPS) is 13.7. The molecule has 1 aliphatic rings. The van der Waals surface area contributed by atoms with E-state index in [1.54, 1.807) is 24.3 Å². The number of morpholine rings is 1. The fourth-order valence-corrected chi connectivity index (χ4v) is 2.91. The minimum absolute atomic E-state index is 0.0854. The van der Waals surface area contributed by atoms with E-state index in [9.17, 15) is 9.59 Å². The van der Waals surface area contributed by atoms with Crippen LogP contribution in [0.15, 0.2) is 48.5 Å². The maximum Gasteiger partial charge on any atom is 0.337 e. The van der Waals surface area contributed by atoms with E-state index < -0.39 is 5.97 Å². The molecule has 1 heterocycles. The number of para-hydroxylation sites is 2. The number of nitrogens with zero attached hydrogens (tertiary/aromatic N) is 1. The number of hydrogen-bond donors (Lipinski definition) is 2. The molecule has 27 heavy (non-hydrogen) atoms. The van der Waals surface area contributed by atoms with E-state index in [0.717, 1.165) is 24.5 Å². The molecule has 3 rings (SSSR count). The van der Waals surface area contributed by atoms with Crippen molar-refractivity contribution in [2.45, 2.75) is 0 Å². The third kappa shape index (κ3) is 4.98. The lowest BCUT2D eigenvalue weighted by Gasteiger charge is -2.30. The molecule has 1 saturated heterocycles. The largest absolute Gasteiger partial charge is 0.465 e. The molecule has 0 aromatic heterocycles.